The summed E-state index contributed by atoms with van der Waals surface area (Å²) in [7, 11) is 0. The summed E-state index contributed by atoms with van der Waals surface area (Å²) in [6, 6.07) is 0.849. The first-order chi connectivity index (χ1) is 9.40. The Morgan fingerprint density at radius 2 is 2.15 bits per heavy atom. The van der Waals surface area contributed by atoms with E-state index in [0.29, 0.717) is 23.6 Å². The van der Waals surface area contributed by atoms with E-state index in [9.17, 15) is 0 Å². The van der Waals surface area contributed by atoms with Crippen molar-refractivity contribution in [3.8, 4) is 11.6 Å². The molecule has 3 atom stereocenters. The summed E-state index contributed by atoms with van der Waals surface area (Å²) in [6.45, 7) is 0. The number of hydrogen-bond acceptors (Lipinski definition) is 5. The van der Waals surface area contributed by atoms with Gasteiger partial charge in [-0.1, -0.05) is 18.0 Å². The molecular formula is C13H18ClN5O. The largest absolute Gasteiger partial charge is 0.342 e. The van der Waals surface area contributed by atoms with E-state index in [-0.39, 0.29) is 18.4 Å². The zero-order chi connectivity index (χ0) is 12.7. The molecule has 4 rings (SSSR count). The molecule has 2 aliphatic rings. The zero-order valence-electron chi connectivity index (χ0n) is 11.1. The number of imidazole rings is 1. The van der Waals surface area contributed by atoms with Gasteiger partial charge >= 0.3 is 0 Å². The van der Waals surface area contributed by atoms with Gasteiger partial charge in [-0.05, 0) is 25.2 Å². The van der Waals surface area contributed by atoms with Crippen LogP contribution in [-0.4, -0.2) is 26.2 Å². The quantitative estimate of drug-likeness (QED) is 0.890. The summed E-state index contributed by atoms with van der Waals surface area (Å²) < 4.78 is 5.39. The van der Waals surface area contributed by atoms with E-state index in [2.05, 4.69) is 25.4 Å². The Balaban J connectivity index is 0.00000121. The average molecular weight is 296 g/mol. The molecule has 2 fully saturated rings. The minimum atomic E-state index is 0. The number of H-pyrrole nitrogens is 1. The second kappa shape index (κ2) is 5.54. The highest BCUT2D eigenvalue weighted by Crippen LogP contribution is 2.38. The van der Waals surface area contributed by atoms with Gasteiger partial charge in [-0.25, -0.2) is 4.98 Å². The van der Waals surface area contributed by atoms with Gasteiger partial charge in [-0.3, -0.25) is 0 Å². The molecule has 20 heavy (non-hydrogen) atoms. The third-order valence-electron chi connectivity index (χ3n) is 4.31. The normalized spacial score (nSPS) is 28.9. The number of rotatable bonds is 2. The van der Waals surface area contributed by atoms with Gasteiger partial charge in [0, 0.05) is 18.4 Å². The molecule has 3 unspecified atom stereocenters. The molecule has 1 saturated carbocycles. The van der Waals surface area contributed by atoms with Gasteiger partial charge in [0.25, 0.3) is 0 Å². The Hall–Kier alpha value is -1.40. The number of fused-ring (bicyclic) bond motifs is 1. The minimum Gasteiger partial charge on any atom is -0.342 e. The number of hydrogen-bond donors (Lipinski definition) is 2. The van der Waals surface area contributed by atoms with Crippen molar-refractivity contribution in [1.82, 2.24) is 25.4 Å². The Morgan fingerprint density at radius 3 is 2.95 bits per heavy atom. The van der Waals surface area contributed by atoms with Crippen molar-refractivity contribution in [1.29, 1.82) is 0 Å². The minimum absolute atomic E-state index is 0. The molecule has 1 saturated heterocycles. The highest BCUT2D eigenvalue weighted by Gasteiger charge is 2.38. The second-order valence-electron chi connectivity index (χ2n) is 5.50. The van der Waals surface area contributed by atoms with E-state index in [1.165, 1.54) is 25.7 Å². The van der Waals surface area contributed by atoms with Crippen molar-refractivity contribution in [3.63, 3.8) is 0 Å². The lowest BCUT2D eigenvalue weighted by atomic mass is 9.85. The first kappa shape index (κ1) is 13.6. The SMILES string of the molecule is Cl.c1c[nH]c(-c2noc(C3CC4CCCCC4N3)n2)n1. The molecule has 7 heteroatoms. The van der Waals surface area contributed by atoms with Crippen LogP contribution in [0.5, 0.6) is 0 Å². The Labute approximate surface area is 123 Å². The molecule has 2 aromatic rings. The van der Waals surface area contributed by atoms with Gasteiger partial charge in [-0.15, -0.1) is 12.4 Å². The third-order valence-corrected chi connectivity index (χ3v) is 4.31. The van der Waals surface area contributed by atoms with E-state index in [4.69, 9.17) is 4.52 Å². The van der Waals surface area contributed by atoms with Crippen LogP contribution in [0, 0.1) is 5.92 Å². The predicted octanol–water partition coefficient (Wildman–Crippen LogP) is 2.47. The summed E-state index contributed by atoms with van der Waals surface area (Å²) in [5, 5.41) is 7.64. The molecule has 0 amide bonds. The summed E-state index contributed by atoms with van der Waals surface area (Å²) in [5.74, 6) is 2.67. The number of halogens is 1. The van der Waals surface area contributed by atoms with Gasteiger partial charge < -0.3 is 14.8 Å². The molecule has 108 valence electrons. The van der Waals surface area contributed by atoms with Crippen molar-refractivity contribution in [3.05, 3.63) is 18.3 Å². The molecule has 0 bridgehead atoms. The molecular weight excluding hydrogens is 278 g/mol. The van der Waals surface area contributed by atoms with Crippen LogP contribution < -0.4 is 5.32 Å². The van der Waals surface area contributed by atoms with Crippen LogP contribution in [0.25, 0.3) is 11.6 Å². The fourth-order valence-corrected chi connectivity index (χ4v) is 3.37. The maximum absolute atomic E-state index is 5.39. The van der Waals surface area contributed by atoms with Gasteiger partial charge in [0.1, 0.15) is 0 Å². The summed E-state index contributed by atoms with van der Waals surface area (Å²) >= 11 is 0. The van der Waals surface area contributed by atoms with Gasteiger partial charge in [0.2, 0.25) is 11.7 Å². The van der Waals surface area contributed by atoms with E-state index in [1.54, 1.807) is 12.4 Å². The van der Waals surface area contributed by atoms with E-state index < -0.39 is 0 Å². The fraction of sp³-hybridized carbons (Fsp3) is 0.615. The number of aromatic nitrogens is 4. The van der Waals surface area contributed by atoms with Crippen LogP contribution >= 0.6 is 12.4 Å². The lowest BCUT2D eigenvalue weighted by Crippen LogP contribution is -2.30. The first-order valence-corrected chi connectivity index (χ1v) is 6.99. The van der Waals surface area contributed by atoms with E-state index in [1.807, 2.05) is 0 Å². The molecule has 2 N–H and O–H groups in total. The van der Waals surface area contributed by atoms with Crippen molar-refractivity contribution >= 4 is 12.4 Å². The molecule has 6 nitrogen and oxygen atoms in total. The zero-order valence-corrected chi connectivity index (χ0v) is 11.9. The van der Waals surface area contributed by atoms with Crippen LogP contribution in [0.1, 0.15) is 44.0 Å². The lowest BCUT2D eigenvalue weighted by molar-refractivity contribution is 0.324. The first-order valence-electron chi connectivity index (χ1n) is 6.99. The Morgan fingerprint density at radius 1 is 1.25 bits per heavy atom. The van der Waals surface area contributed by atoms with Crippen LogP contribution in [0.2, 0.25) is 0 Å². The second-order valence-corrected chi connectivity index (χ2v) is 5.50. The van der Waals surface area contributed by atoms with Crippen molar-refractivity contribution < 1.29 is 4.52 Å². The highest BCUT2D eigenvalue weighted by molar-refractivity contribution is 5.85. The molecule has 2 aromatic heterocycles. The van der Waals surface area contributed by atoms with Crippen LogP contribution in [-0.2, 0) is 0 Å². The molecule has 3 heterocycles. The number of nitrogens with one attached hydrogen (secondary N) is 2. The van der Waals surface area contributed by atoms with Gasteiger partial charge in [0.15, 0.2) is 5.82 Å². The highest BCUT2D eigenvalue weighted by atomic mass is 35.5. The van der Waals surface area contributed by atoms with Gasteiger partial charge in [0.05, 0.1) is 6.04 Å². The number of aromatic amines is 1. The average Bonchev–Trinajstić information content (AvgIpc) is 3.17. The Kier molecular flexibility index (Phi) is 3.76. The van der Waals surface area contributed by atoms with Crippen LogP contribution in [0.3, 0.4) is 0 Å². The topological polar surface area (TPSA) is 79.6 Å². The van der Waals surface area contributed by atoms with Crippen LogP contribution in [0.15, 0.2) is 16.9 Å². The maximum atomic E-state index is 5.39. The van der Waals surface area contributed by atoms with Crippen LogP contribution in [0.4, 0.5) is 0 Å². The molecule has 1 aliphatic heterocycles. The third kappa shape index (κ3) is 2.33. The van der Waals surface area contributed by atoms with Crippen molar-refractivity contribution in [2.45, 2.75) is 44.2 Å². The van der Waals surface area contributed by atoms with Crippen molar-refractivity contribution in [2.24, 2.45) is 5.92 Å². The van der Waals surface area contributed by atoms with E-state index in [0.717, 1.165) is 12.3 Å². The maximum Gasteiger partial charge on any atom is 0.244 e. The Bertz CT molecular complexity index is 541. The lowest BCUT2D eigenvalue weighted by Gasteiger charge is -2.24. The summed E-state index contributed by atoms with van der Waals surface area (Å²) in [6.07, 6.45) is 9.86. The molecule has 0 spiro atoms. The smallest absolute Gasteiger partial charge is 0.244 e. The molecule has 1 aliphatic carbocycles. The molecule has 0 aromatic carbocycles. The standard InChI is InChI=1S/C13H17N5O.ClH/c1-2-4-9-8(3-1)7-10(16-9)13-17-12(18-19-13)11-14-5-6-15-11;/h5-6,8-10,16H,1-4,7H2,(H,14,15);1H. The van der Waals surface area contributed by atoms with Gasteiger partial charge in [-0.2, -0.15) is 4.98 Å². The van der Waals surface area contributed by atoms with E-state index >= 15 is 0 Å². The van der Waals surface area contributed by atoms with Crippen molar-refractivity contribution in [2.75, 3.05) is 0 Å². The summed E-state index contributed by atoms with van der Waals surface area (Å²) in [5.41, 5.74) is 0. The monoisotopic (exact) mass is 295 g/mol. The fourth-order valence-electron chi connectivity index (χ4n) is 3.37. The predicted molar refractivity (Wildman–Crippen MR) is 75.4 cm³/mol. The molecule has 0 radical (unpaired) electrons. The number of nitrogens with zero attached hydrogens (tertiary/aromatic N) is 3. The summed E-state index contributed by atoms with van der Waals surface area (Å²) in [4.78, 5) is 11.6.